The van der Waals surface area contributed by atoms with Crippen LogP contribution in [0.25, 0.3) is 6.08 Å². The monoisotopic (exact) mass is 397 g/mol. The van der Waals surface area contributed by atoms with Gasteiger partial charge in [-0.2, -0.15) is 0 Å². The van der Waals surface area contributed by atoms with Gasteiger partial charge in [-0.25, -0.2) is 0 Å². The third kappa shape index (κ3) is 4.09. The number of hydrogen-bond acceptors (Lipinski definition) is 6. The lowest BCUT2D eigenvalue weighted by Gasteiger charge is -2.30. The SMILES string of the molecule is COc1ccc(C(=O)c2ccc(OC)c3c2C=CC(C)(C)O3)c(NC(=O)CO)c1. The minimum Gasteiger partial charge on any atom is -0.497 e. The molecule has 0 radical (unpaired) electrons. The molecule has 2 aromatic rings. The van der Waals surface area contributed by atoms with Crippen LogP contribution in [0.2, 0.25) is 0 Å². The van der Waals surface area contributed by atoms with Gasteiger partial charge in [0.05, 0.1) is 19.9 Å². The van der Waals surface area contributed by atoms with E-state index in [0.29, 0.717) is 28.4 Å². The van der Waals surface area contributed by atoms with Crippen LogP contribution in [0.1, 0.15) is 35.3 Å². The summed E-state index contributed by atoms with van der Waals surface area (Å²) in [5, 5.41) is 11.6. The van der Waals surface area contributed by atoms with Gasteiger partial charge in [0.2, 0.25) is 5.91 Å². The first-order chi connectivity index (χ1) is 13.8. The molecule has 1 aliphatic rings. The minimum absolute atomic E-state index is 0.249. The van der Waals surface area contributed by atoms with Crippen molar-refractivity contribution in [3.05, 3.63) is 53.1 Å². The molecule has 0 bridgehead atoms. The van der Waals surface area contributed by atoms with Crippen molar-refractivity contribution >= 4 is 23.5 Å². The molecular formula is C22H23NO6. The number of benzene rings is 2. The molecule has 0 aromatic heterocycles. The minimum atomic E-state index is -0.700. The van der Waals surface area contributed by atoms with Gasteiger partial charge in [-0.3, -0.25) is 9.59 Å². The van der Waals surface area contributed by atoms with E-state index in [9.17, 15) is 9.59 Å². The molecule has 0 spiro atoms. The summed E-state index contributed by atoms with van der Waals surface area (Å²) in [6, 6.07) is 8.08. The molecule has 0 atom stereocenters. The average Bonchev–Trinajstić information content (AvgIpc) is 2.71. The van der Waals surface area contributed by atoms with Gasteiger partial charge in [0, 0.05) is 22.8 Å². The first kappa shape index (κ1) is 20.4. The number of nitrogens with one attached hydrogen (secondary N) is 1. The van der Waals surface area contributed by atoms with Crippen LogP contribution in [0, 0.1) is 0 Å². The zero-order chi connectivity index (χ0) is 21.2. The number of ketones is 1. The van der Waals surface area contributed by atoms with Gasteiger partial charge in [-0.1, -0.05) is 6.08 Å². The Labute approximate surface area is 168 Å². The van der Waals surface area contributed by atoms with E-state index in [1.54, 1.807) is 24.3 Å². The highest BCUT2D eigenvalue weighted by atomic mass is 16.5. The Morgan fingerprint density at radius 3 is 2.48 bits per heavy atom. The standard InChI is InChI=1S/C22H23NO6/c1-22(2)10-9-15-14(7-8-18(28-4)21(15)29-22)20(26)16-6-5-13(27-3)11-17(16)23-19(25)12-24/h5-11,24H,12H2,1-4H3,(H,23,25). The highest BCUT2D eigenvalue weighted by molar-refractivity contribution is 6.16. The van der Waals surface area contributed by atoms with Gasteiger partial charge < -0.3 is 24.6 Å². The number of amides is 1. The van der Waals surface area contributed by atoms with Gasteiger partial charge in [0.15, 0.2) is 17.3 Å². The number of rotatable bonds is 6. The van der Waals surface area contributed by atoms with Crippen molar-refractivity contribution in [1.82, 2.24) is 0 Å². The normalized spacial score (nSPS) is 13.8. The molecule has 152 valence electrons. The van der Waals surface area contributed by atoms with Crippen molar-refractivity contribution in [2.75, 3.05) is 26.1 Å². The van der Waals surface area contributed by atoms with Crippen LogP contribution in [0.4, 0.5) is 5.69 Å². The lowest BCUT2D eigenvalue weighted by atomic mass is 9.93. The Morgan fingerprint density at radius 2 is 1.83 bits per heavy atom. The molecule has 1 amide bonds. The number of fused-ring (bicyclic) bond motifs is 1. The number of carbonyl (C=O) groups excluding carboxylic acids is 2. The third-order valence-corrected chi connectivity index (χ3v) is 4.53. The topological polar surface area (TPSA) is 94.1 Å². The van der Waals surface area contributed by atoms with Crippen molar-refractivity contribution in [1.29, 1.82) is 0 Å². The average molecular weight is 397 g/mol. The molecule has 7 heteroatoms. The third-order valence-electron chi connectivity index (χ3n) is 4.53. The van der Waals surface area contributed by atoms with Gasteiger partial charge >= 0.3 is 0 Å². The Morgan fingerprint density at radius 1 is 1.10 bits per heavy atom. The first-order valence-corrected chi connectivity index (χ1v) is 9.02. The molecule has 3 rings (SSSR count). The summed E-state index contributed by atoms with van der Waals surface area (Å²) in [5.41, 5.74) is 0.973. The fourth-order valence-electron chi connectivity index (χ4n) is 3.08. The maximum atomic E-state index is 13.4. The Kier molecular flexibility index (Phi) is 5.61. The molecule has 1 aliphatic heterocycles. The summed E-state index contributed by atoms with van der Waals surface area (Å²) in [6.45, 7) is 3.12. The van der Waals surface area contributed by atoms with E-state index in [1.807, 2.05) is 26.0 Å². The van der Waals surface area contributed by atoms with Crippen LogP contribution < -0.4 is 19.5 Å². The van der Waals surface area contributed by atoms with Crippen molar-refractivity contribution in [2.24, 2.45) is 0 Å². The second kappa shape index (κ2) is 7.97. The maximum absolute atomic E-state index is 13.4. The number of anilines is 1. The van der Waals surface area contributed by atoms with Crippen LogP contribution >= 0.6 is 0 Å². The number of ether oxygens (including phenoxy) is 3. The molecule has 7 nitrogen and oxygen atoms in total. The van der Waals surface area contributed by atoms with Crippen LogP contribution in [-0.2, 0) is 4.79 Å². The van der Waals surface area contributed by atoms with Crippen LogP contribution in [0.15, 0.2) is 36.4 Å². The highest BCUT2D eigenvalue weighted by Gasteiger charge is 2.29. The molecule has 0 fully saturated rings. The van der Waals surface area contributed by atoms with Crippen molar-refractivity contribution < 1.29 is 28.9 Å². The second-order valence-corrected chi connectivity index (χ2v) is 7.04. The van der Waals surface area contributed by atoms with E-state index in [0.717, 1.165) is 0 Å². The zero-order valence-corrected chi connectivity index (χ0v) is 16.7. The molecule has 0 unspecified atom stereocenters. The van der Waals surface area contributed by atoms with E-state index < -0.39 is 18.1 Å². The predicted octanol–water partition coefficient (Wildman–Crippen LogP) is 3.05. The summed E-state index contributed by atoms with van der Waals surface area (Å²) in [5.74, 6) is 0.538. The van der Waals surface area contributed by atoms with E-state index >= 15 is 0 Å². The van der Waals surface area contributed by atoms with Gasteiger partial charge in [-0.05, 0) is 44.2 Å². The van der Waals surface area contributed by atoms with Crippen LogP contribution in [0.5, 0.6) is 17.2 Å². The van der Waals surface area contributed by atoms with E-state index in [2.05, 4.69) is 5.32 Å². The van der Waals surface area contributed by atoms with E-state index in [1.165, 1.54) is 20.3 Å². The van der Waals surface area contributed by atoms with Gasteiger partial charge in [0.1, 0.15) is 18.0 Å². The highest BCUT2D eigenvalue weighted by Crippen LogP contribution is 2.41. The summed E-state index contributed by atoms with van der Waals surface area (Å²) in [7, 11) is 3.02. The fraction of sp³-hybridized carbons (Fsp3) is 0.273. The quantitative estimate of drug-likeness (QED) is 0.728. The largest absolute Gasteiger partial charge is 0.497 e. The molecule has 2 aromatic carbocycles. The zero-order valence-electron chi connectivity index (χ0n) is 16.7. The molecule has 0 saturated heterocycles. The summed E-state index contributed by atoms with van der Waals surface area (Å²) >= 11 is 0. The number of methoxy groups -OCH3 is 2. The Balaban J connectivity index is 2.11. The first-order valence-electron chi connectivity index (χ1n) is 9.02. The van der Waals surface area contributed by atoms with Crippen LogP contribution in [0.3, 0.4) is 0 Å². The number of carbonyl (C=O) groups is 2. The lowest BCUT2D eigenvalue weighted by molar-refractivity contribution is -0.118. The Hall–Kier alpha value is -3.32. The van der Waals surface area contributed by atoms with Crippen molar-refractivity contribution in [3.8, 4) is 17.2 Å². The van der Waals surface area contributed by atoms with Crippen molar-refractivity contribution in [2.45, 2.75) is 19.4 Å². The van der Waals surface area contributed by atoms with Crippen LogP contribution in [-0.4, -0.2) is 43.2 Å². The Bertz CT molecular complexity index is 993. The second-order valence-electron chi connectivity index (χ2n) is 7.04. The number of aliphatic hydroxyl groups excluding tert-OH is 1. The summed E-state index contributed by atoms with van der Waals surface area (Å²) in [6.07, 6.45) is 3.71. The smallest absolute Gasteiger partial charge is 0.250 e. The van der Waals surface area contributed by atoms with E-state index in [-0.39, 0.29) is 17.0 Å². The molecular weight excluding hydrogens is 374 g/mol. The lowest BCUT2D eigenvalue weighted by Crippen LogP contribution is -2.28. The molecule has 29 heavy (non-hydrogen) atoms. The predicted molar refractivity (Wildman–Crippen MR) is 109 cm³/mol. The molecule has 1 heterocycles. The molecule has 0 aliphatic carbocycles. The summed E-state index contributed by atoms with van der Waals surface area (Å²) < 4.78 is 16.6. The maximum Gasteiger partial charge on any atom is 0.250 e. The van der Waals surface area contributed by atoms with Gasteiger partial charge in [-0.15, -0.1) is 0 Å². The van der Waals surface area contributed by atoms with Crippen molar-refractivity contribution in [3.63, 3.8) is 0 Å². The summed E-state index contributed by atoms with van der Waals surface area (Å²) in [4.78, 5) is 25.1. The molecule has 0 saturated carbocycles. The fourth-order valence-corrected chi connectivity index (χ4v) is 3.08. The number of hydrogen-bond donors (Lipinski definition) is 2. The van der Waals surface area contributed by atoms with Gasteiger partial charge in [0.25, 0.3) is 0 Å². The number of aliphatic hydroxyl groups is 1. The molecule has 2 N–H and O–H groups in total. The van der Waals surface area contributed by atoms with E-state index in [4.69, 9.17) is 19.3 Å².